The second-order valence-electron chi connectivity index (χ2n) is 4.69. The second-order valence-corrected chi connectivity index (χ2v) is 5.60. The quantitative estimate of drug-likeness (QED) is 0.901. The van der Waals surface area contributed by atoms with Gasteiger partial charge in [0.1, 0.15) is 0 Å². The summed E-state index contributed by atoms with van der Waals surface area (Å²) in [7, 11) is 0. The average Bonchev–Trinajstić information content (AvgIpc) is 2.40. The van der Waals surface area contributed by atoms with Crippen LogP contribution in [0.4, 0.5) is 0 Å². The van der Waals surface area contributed by atoms with Gasteiger partial charge >= 0.3 is 5.97 Å². The summed E-state index contributed by atoms with van der Waals surface area (Å²) in [5.41, 5.74) is 0.857. The summed E-state index contributed by atoms with van der Waals surface area (Å²) in [6.45, 7) is 4.08. The van der Waals surface area contributed by atoms with Gasteiger partial charge in [-0.2, -0.15) is 0 Å². The molecule has 4 nitrogen and oxygen atoms in total. The Morgan fingerprint density at radius 2 is 2.16 bits per heavy atom. The fourth-order valence-electron chi connectivity index (χ4n) is 2.29. The van der Waals surface area contributed by atoms with E-state index in [2.05, 4.69) is 20.8 Å². The van der Waals surface area contributed by atoms with Crippen molar-refractivity contribution in [2.24, 2.45) is 0 Å². The number of hydrogen-bond acceptors (Lipinski definition) is 3. The molecule has 0 bridgehead atoms. The van der Waals surface area contributed by atoms with E-state index >= 15 is 0 Å². The normalized spacial score (nSPS) is 18.2. The number of carbonyl (C=O) groups is 1. The molecule has 104 valence electrons. The summed E-state index contributed by atoms with van der Waals surface area (Å²) in [6, 6.07) is 7.55. The van der Waals surface area contributed by atoms with Crippen LogP contribution in [0, 0.1) is 0 Å². The molecule has 0 amide bonds. The van der Waals surface area contributed by atoms with Crippen molar-refractivity contribution in [3.8, 4) is 0 Å². The molecule has 1 heterocycles. The first-order chi connectivity index (χ1) is 9.16. The summed E-state index contributed by atoms with van der Waals surface area (Å²) < 4.78 is 6.21. The number of nitrogens with zero attached hydrogens (tertiary/aromatic N) is 1. The van der Waals surface area contributed by atoms with Gasteiger partial charge in [0.25, 0.3) is 0 Å². The van der Waals surface area contributed by atoms with Gasteiger partial charge in [-0.05, 0) is 30.7 Å². The topological polar surface area (TPSA) is 49.8 Å². The average molecular weight is 328 g/mol. The lowest BCUT2D eigenvalue weighted by molar-refractivity contribution is -0.139. The fraction of sp³-hybridized carbons (Fsp3) is 0.500. The van der Waals surface area contributed by atoms with Gasteiger partial charge in [-0.3, -0.25) is 9.69 Å². The van der Waals surface area contributed by atoms with Crippen molar-refractivity contribution >= 4 is 21.9 Å². The van der Waals surface area contributed by atoms with Gasteiger partial charge < -0.3 is 9.84 Å². The van der Waals surface area contributed by atoms with Crippen LogP contribution in [0.25, 0.3) is 0 Å². The SMILES string of the molecule is O=C(O)C(CCN1CCOCC1)c1cccc(Br)c1. The molecule has 0 saturated carbocycles. The number of aliphatic carboxylic acids is 1. The zero-order chi connectivity index (χ0) is 13.7. The predicted molar refractivity (Wildman–Crippen MR) is 76.4 cm³/mol. The standard InChI is InChI=1S/C14H18BrNO3/c15-12-3-1-2-11(10-12)13(14(17)18)4-5-16-6-8-19-9-7-16/h1-3,10,13H,4-9H2,(H,17,18). The van der Waals surface area contributed by atoms with Crippen LogP contribution in [0.5, 0.6) is 0 Å². The van der Waals surface area contributed by atoms with Gasteiger partial charge in [-0.15, -0.1) is 0 Å². The lowest BCUT2D eigenvalue weighted by Crippen LogP contribution is -2.37. The van der Waals surface area contributed by atoms with E-state index in [-0.39, 0.29) is 0 Å². The number of morpholine rings is 1. The Balaban J connectivity index is 1.98. The second kappa shape index (κ2) is 7.03. The molecule has 1 saturated heterocycles. The van der Waals surface area contributed by atoms with Gasteiger partial charge in [-0.1, -0.05) is 28.1 Å². The van der Waals surface area contributed by atoms with Crippen molar-refractivity contribution in [2.45, 2.75) is 12.3 Å². The summed E-state index contributed by atoms with van der Waals surface area (Å²) in [4.78, 5) is 13.7. The maximum atomic E-state index is 11.4. The molecule has 0 aliphatic carbocycles. The monoisotopic (exact) mass is 327 g/mol. The Hall–Kier alpha value is -0.910. The Morgan fingerprint density at radius 1 is 1.42 bits per heavy atom. The summed E-state index contributed by atoms with van der Waals surface area (Å²) in [6.07, 6.45) is 0.631. The van der Waals surface area contributed by atoms with Crippen LogP contribution < -0.4 is 0 Å². The highest BCUT2D eigenvalue weighted by molar-refractivity contribution is 9.10. The minimum Gasteiger partial charge on any atom is -0.481 e. The lowest BCUT2D eigenvalue weighted by Gasteiger charge is -2.27. The molecule has 1 N–H and O–H groups in total. The molecule has 1 unspecified atom stereocenters. The molecule has 1 aliphatic rings. The third-order valence-corrected chi connectivity index (χ3v) is 3.88. The van der Waals surface area contributed by atoms with E-state index in [0.29, 0.717) is 6.42 Å². The first-order valence-electron chi connectivity index (χ1n) is 6.45. The van der Waals surface area contributed by atoms with Crippen molar-refractivity contribution < 1.29 is 14.6 Å². The molecule has 1 atom stereocenters. The molecule has 19 heavy (non-hydrogen) atoms. The number of ether oxygens (including phenoxy) is 1. The number of carboxylic acid groups (broad SMARTS) is 1. The van der Waals surface area contributed by atoms with Crippen LogP contribution in [0.1, 0.15) is 17.9 Å². The third kappa shape index (κ3) is 4.30. The summed E-state index contributed by atoms with van der Waals surface area (Å²) in [5.74, 6) is -1.20. The molecule has 5 heteroatoms. The highest BCUT2D eigenvalue weighted by atomic mass is 79.9. The molecule has 0 spiro atoms. The molecule has 2 rings (SSSR count). The van der Waals surface area contributed by atoms with Crippen LogP contribution in [0.3, 0.4) is 0 Å². The van der Waals surface area contributed by atoms with E-state index in [1.807, 2.05) is 24.3 Å². The number of benzene rings is 1. The Labute approximate surface area is 121 Å². The smallest absolute Gasteiger partial charge is 0.311 e. The third-order valence-electron chi connectivity index (χ3n) is 3.39. The van der Waals surface area contributed by atoms with E-state index in [0.717, 1.165) is 42.9 Å². The van der Waals surface area contributed by atoms with Crippen molar-refractivity contribution in [3.05, 3.63) is 34.3 Å². The Kier molecular flexibility index (Phi) is 5.36. The minimum atomic E-state index is -0.758. The number of hydrogen-bond donors (Lipinski definition) is 1. The van der Waals surface area contributed by atoms with Gasteiger partial charge in [-0.25, -0.2) is 0 Å². The first-order valence-corrected chi connectivity index (χ1v) is 7.24. The van der Waals surface area contributed by atoms with Crippen LogP contribution >= 0.6 is 15.9 Å². The highest BCUT2D eigenvalue weighted by Gasteiger charge is 2.21. The Bertz CT molecular complexity index is 432. The molecule has 1 aromatic rings. The largest absolute Gasteiger partial charge is 0.481 e. The molecular weight excluding hydrogens is 310 g/mol. The van der Waals surface area contributed by atoms with Crippen molar-refractivity contribution in [3.63, 3.8) is 0 Å². The Morgan fingerprint density at radius 3 is 2.79 bits per heavy atom. The van der Waals surface area contributed by atoms with E-state index in [9.17, 15) is 9.90 Å². The predicted octanol–water partition coefficient (Wildman–Crippen LogP) is 2.34. The highest BCUT2D eigenvalue weighted by Crippen LogP contribution is 2.23. The van der Waals surface area contributed by atoms with Crippen LogP contribution in [-0.4, -0.2) is 48.8 Å². The van der Waals surface area contributed by atoms with Crippen molar-refractivity contribution in [1.82, 2.24) is 4.90 Å². The van der Waals surface area contributed by atoms with Crippen molar-refractivity contribution in [1.29, 1.82) is 0 Å². The van der Waals surface area contributed by atoms with Crippen LogP contribution in [-0.2, 0) is 9.53 Å². The van der Waals surface area contributed by atoms with Crippen molar-refractivity contribution in [2.75, 3.05) is 32.8 Å². The number of halogens is 1. The van der Waals surface area contributed by atoms with Crippen LogP contribution in [0.2, 0.25) is 0 Å². The van der Waals surface area contributed by atoms with Gasteiger partial charge in [0, 0.05) is 17.6 Å². The number of rotatable bonds is 5. The van der Waals surface area contributed by atoms with Gasteiger partial charge in [0.05, 0.1) is 19.1 Å². The molecule has 1 aromatic carbocycles. The zero-order valence-corrected chi connectivity index (χ0v) is 12.3. The first kappa shape index (κ1) is 14.5. The maximum absolute atomic E-state index is 11.4. The lowest BCUT2D eigenvalue weighted by atomic mass is 9.95. The van der Waals surface area contributed by atoms with Crippen LogP contribution in [0.15, 0.2) is 28.7 Å². The zero-order valence-electron chi connectivity index (χ0n) is 10.7. The minimum absolute atomic E-state index is 0.444. The molecule has 0 aromatic heterocycles. The molecule has 1 aliphatic heterocycles. The van der Waals surface area contributed by atoms with E-state index in [4.69, 9.17) is 4.74 Å². The summed E-state index contributed by atoms with van der Waals surface area (Å²) >= 11 is 3.39. The summed E-state index contributed by atoms with van der Waals surface area (Å²) in [5, 5.41) is 9.39. The molecular formula is C14H18BrNO3. The van der Waals surface area contributed by atoms with E-state index in [1.54, 1.807) is 0 Å². The fourth-order valence-corrected chi connectivity index (χ4v) is 2.71. The van der Waals surface area contributed by atoms with E-state index < -0.39 is 11.9 Å². The van der Waals surface area contributed by atoms with E-state index in [1.165, 1.54) is 0 Å². The number of carboxylic acids is 1. The maximum Gasteiger partial charge on any atom is 0.311 e. The molecule has 0 radical (unpaired) electrons. The van der Waals surface area contributed by atoms with Gasteiger partial charge in [0.2, 0.25) is 0 Å². The van der Waals surface area contributed by atoms with Gasteiger partial charge in [0.15, 0.2) is 0 Å². The molecule has 1 fully saturated rings.